The molecule has 1 aromatic carbocycles. The molecule has 0 bridgehead atoms. The highest BCUT2D eigenvalue weighted by molar-refractivity contribution is 5.97. The molecule has 0 aliphatic carbocycles. The molecule has 8 heteroatoms. The molecule has 0 spiro atoms. The van der Waals surface area contributed by atoms with Gasteiger partial charge in [-0.25, -0.2) is 4.79 Å². The summed E-state index contributed by atoms with van der Waals surface area (Å²) in [6, 6.07) is 5.46. The first kappa shape index (κ1) is 16.7. The van der Waals surface area contributed by atoms with Crippen molar-refractivity contribution in [3.63, 3.8) is 0 Å². The van der Waals surface area contributed by atoms with E-state index in [1.165, 1.54) is 23.1 Å². The fraction of sp³-hybridized carbons (Fsp3) is 0.467. The van der Waals surface area contributed by atoms with Gasteiger partial charge in [0.2, 0.25) is 5.91 Å². The number of rotatable bonds is 3. The van der Waals surface area contributed by atoms with Gasteiger partial charge in [-0.3, -0.25) is 14.9 Å². The second-order valence-electron chi connectivity index (χ2n) is 6.33. The van der Waals surface area contributed by atoms with Crippen molar-refractivity contribution in [3.05, 3.63) is 34.4 Å². The summed E-state index contributed by atoms with van der Waals surface area (Å²) in [5.41, 5.74) is -0.261. The topological polar surface area (TPSA) is 102 Å². The largest absolute Gasteiger partial charge is 0.444 e. The van der Waals surface area contributed by atoms with E-state index in [1.807, 2.05) is 0 Å². The van der Waals surface area contributed by atoms with Gasteiger partial charge in [0.25, 0.3) is 5.69 Å². The second-order valence-corrected chi connectivity index (χ2v) is 6.33. The van der Waals surface area contributed by atoms with Crippen LogP contribution in [0, 0.1) is 10.1 Å². The van der Waals surface area contributed by atoms with Crippen molar-refractivity contribution in [1.82, 2.24) is 5.32 Å². The molecule has 1 N–H and O–H groups in total. The fourth-order valence-electron chi connectivity index (χ4n) is 2.30. The minimum absolute atomic E-state index is 0.0844. The Kier molecular flexibility index (Phi) is 4.53. The van der Waals surface area contributed by atoms with Crippen LogP contribution in [0.1, 0.15) is 27.2 Å². The molecule has 124 valence electrons. The smallest absolute Gasteiger partial charge is 0.407 e. The molecule has 2 rings (SSSR count). The van der Waals surface area contributed by atoms with Gasteiger partial charge in [-0.2, -0.15) is 0 Å². The molecule has 1 unspecified atom stereocenters. The lowest BCUT2D eigenvalue weighted by atomic mass is 10.2. The fourth-order valence-corrected chi connectivity index (χ4v) is 2.30. The van der Waals surface area contributed by atoms with Crippen LogP contribution in [-0.2, 0) is 9.53 Å². The number of amides is 2. The summed E-state index contributed by atoms with van der Waals surface area (Å²) in [6.45, 7) is 5.50. The number of alkyl carbamates (subject to hydrolysis) is 1. The summed E-state index contributed by atoms with van der Waals surface area (Å²) >= 11 is 0. The van der Waals surface area contributed by atoms with Crippen LogP contribution in [0.2, 0.25) is 0 Å². The second kappa shape index (κ2) is 6.23. The van der Waals surface area contributed by atoms with Crippen molar-refractivity contribution in [2.45, 2.75) is 38.8 Å². The monoisotopic (exact) mass is 321 g/mol. The SMILES string of the molecule is CC(C)(C)OC(=O)NC1CC(=O)N(c2cccc([N+](=O)[O-])c2)C1. The molecule has 1 aliphatic heterocycles. The zero-order valence-corrected chi connectivity index (χ0v) is 13.2. The molecule has 0 aromatic heterocycles. The third-order valence-electron chi connectivity index (χ3n) is 3.20. The van der Waals surface area contributed by atoms with Gasteiger partial charge in [-0.1, -0.05) is 6.07 Å². The van der Waals surface area contributed by atoms with E-state index < -0.39 is 22.7 Å². The Morgan fingerprint density at radius 3 is 2.74 bits per heavy atom. The predicted molar refractivity (Wildman–Crippen MR) is 83.2 cm³/mol. The molecule has 0 saturated carbocycles. The van der Waals surface area contributed by atoms with Crippen LogP contribution in [0.4, 0.5) is 16.2 Å². The summed E-state index contributed by atoms with van der Waals surface area (Å²) in [7, 11) is 0. The van der Waals surface area contributed by atoms with Gasteiger partial charge in [0.05, 0.1) is 16.7 Å². The van der Waals surface area contributed by atoms with E-state index in [9.17, 15) is 19.7 Å². The molecule has 1 saturated heterocycles. The number of benzene rings is 1. The first-order valence-electron chi connectivity index (χ1n) is 7.20. The maximum absolute atomic E-state index is 12.1. The first-order valence-corrected chi connectivity index (χ1v) is 7.20. The van der Waals surface area contributed by atoms with E-state index in [0.717, 1.165) is 0 Å². The van der Waals surface area contributed by atoms with E-state index in [2.05, 4.69) is 5.32 Å². The standard InChI is InChI=1S/C15H19N3O5/c1-15(2,3)23-14(20)16-10-7-13(19)17(9-10)11-5-4-6-12(8-11)18(21)22/h4-6,8,10H,7,9H2,1-3H3,(H,16,20). The molecular formula is C15H19N3O5. The van der Waals surface area contributed by atoms with Gasteiger partial charge in [-0.05, 0) is 26.8 Å². The highest BCUT2D eigenvalue weighted by Crippen LogP contribution is 2.25. The van der Waals surface area contributed by atoms with Crippen molar-refractivity contribution in [3.8, 4) is 0 Å². The Labute approximate surface area is 133 Å². The van der Waals surface area contributed by atoms with Crippen molar-refractivity contribution < 1.29 is 19.2 Å². The Balaban J connectivity index is 2.04. The van der Waals surface area contributed by atoms with Gasteiger partial charge < -0.3 is 15.0 Å². The van der Waals surface area contributed by atoms with Crippen LogP contribution in [0.25, 0.3) is 0 Å². The highest BCUT2D eigenvalue weighted by atomic mass is 16.6. The summed E-state index contributed by atoms with van der Waals surface area (Å²) in [6.07, 6.45) is -0.460. The maximum atomic E-state index is 12.1. The average molecular weight is 321 g/mol. The number of hydrogen-bond donors (Lipinski definition) is 1. The number of nitro benzene ring substituents is 1. The molecule has 2 amide bonds. The number of nitrogens with one attached hydrogen (secondary N) is 1. The maximum Gasteiger partial charge on any atom is 0.407 e. The molecule has 1 heterocycles. The number of ether oxygens (including phenoxy) is 1. The summed E-state index contributed by atoms with van der Waals surface area (Å²) < 4.78 is 5.16. The van der Waals surface area contributed by atoms with Gasteiger partial charge in [-0.15, -0.1) is 0 Å². The van der Waals surface area contributed by atoms with Crippen molar-refractivity contribution in [2.75, 3.05) is 11.4 Å². The third kappa shape index (κ3) is 4.41. The van der Waals surface area contributed by atoms with Crippen LogP contribution in [-0.4, -0.2) is 35.1 Å². The zero-order valence-electron chi connectivity index (χ0n) is 13.2. The van der Waals surface area contributed by atoms with Gasteiger partial charge in [0.15, 0.2) is 0 Å². The zero-order chi connectivity index (χ0) is 17.2. The van der Waals surface area contributed by atoms with E-state index in [0.29, 0.717) is 5.69 Å². The number of nitrogens with zero attached hydrogens (tertiary/aromatic N) is 2. The van der Waals surface area contributed by atoms with Gasteiger partial charge in [0.1, 0.15) is 5.60 Å². The van der Waals surface area contributed by atoms with Crippen LogP contribution in [0.5, 0.6) is 0 Å². The average Bonchev–Trinajstić information content (AvgIpc) is 2.77. The van der Waals surface area contributed by atoms with Crippen molar-refractivity contribution in [2.24, 2.45) is 0 Å². The lowest BCUT2D eigenvalue weighted by molar-refractivity contribution is -0.384. The number of hydrogen-bond acceptors (Lipinski definition) is 5. The minimum Gasteiger partial charge on any atom is -0.444 e. The summed E-state index contributed by atoms with van der Waals surface area (Å²) in [5.74, 6) is -0.202. The quantitative estimate of drug-likeness (QED) is 0.679. The van der Waals surface area contributed by atoms with E-state index in [4.69, 9.17) is 4.74 Å². The third-order valence-corrected chi connectivity index (χ3v) is 3.20. The van der Waals surface area contributed by atoms with Crippen molar-refractivity contribution in [1.29, 1.82) is 0 Å². The van der Waals surface area contributed by atoms with E-state index in [1.54, 1.807) is 26.8 Å². The summed E-state index contributed by atoms with van der Waals surface area (Å²) in [5, 5.41) is 13.5. The molecule has 1 atom stereocenters. The van der Waals surface area contributed by atoms with Crippen LogP contribution < -0.4 is 10.2 Å². The lowest BCUT2D eigenvalue weighted by Gasteiger charge is -2.22. The predicted octanol–water partition coefficient (Wildman–Crippen LogP) is 2.22. The van der Waals surface area contributed by atoms with Gasteiger partial charge in [0, 0.05) is 25.1 Å². The minimum atomic E-state index is -0.619. The molecular weight excluding hydrogens is 302 g/mol. The normalized spacial score (nSPS) is 18.0. The van der Waals surface area contributed by atoms with Crippen LogP contribution in [0.15, 0.2) is 24.3 Å². The number of carbonyl (C=O) groups excluding carboxylic acids is 2. The Bertz CT molecular complexity index is 638. The van der Waals surface area contributed by atoms with Crippen LogP contribution in [0.3, 0.4) is 0 Å². The molecule has 1 aromatic rings. The van der Waals surface area contributed by atoms with E-state index in [-0.39, 0.29) is 24.6 Å². The molecule has 1 fully saturated rings. The van der Waals surface area contributed by atoms with Gasteiger partial charge >= 0.3 is 6.09 Å². The molecule has 8 nitrogen and oxygen atoms in total. The number of anilines is 1. The number of carbonyl (C=O) groups is 2. The molecule has 0 radical (unpaired) electrons. The Morgan fingerprint density at radius 2 is 2.13 bits per heavy atom. The number of nitro groups is 1. The van der Waals surface area contributed by atoms with Crippen molar-refractivity contribution >= 4 is 23.4 Å². The van der Waals surface area contributed by atoms with E-state index >= 15 is 0 Å². The summed E-state index contributed by atoms with van der Waals surface area (Å²) in [4.78, 5) is 35.6. The highest BCUT2D eigenvalue weighted by Gasteiger charge is 2.33. The Morgan fingerprint density at radius 1 is 1.43 bits per heavy atom. The Hall–Kier alpha value is -2.64. The molecule has 23 heavy (non-hydrogen) atoms. The van der Waals surface area contributed by atoms with Crippen LogP contribution >= 0.6 is 0 Å². The number of non-ortho nitro benzene ring substituents is 1. The lowest BCUT2D eigenvalue weighted by Crippen LogP contribution is -2.40. The molecule has 1 aliphatic rings. The first-order chi connectivity index (χ1) is 10.7.